The molecule has 0 bridgehead atoms. The van der Waals surface area contributed by atoms with Gasteiger partial charge in [0.2, 0.25) is 5.95 Å². The molecule has 2 aromatic rings. The minimum atomic E-state index is -0.865. The molecule has 0 saturated heterocycles. The average Bonchev–Trinajstić information content (AvgIpc) is 3.02. The first-order chi connectivity index (χ1) is 10.0. The van der Waals surface area contributed by atoms with Crippen molar-refractivity contribution in [3.63, 3.8) is 0 Å². The summed E-state index contributed by atoms with van der Waals surface area (Å²) in [5, 5.41) is 21.8. The first-order valence-electron chi connectivity index (χ1n) is 6.47. The van der Waals surface area contributed by atoms with E-state index in [1.54, 1.807) is 4.68 Å². The molecule has 0 aliphatic carbocycles. The number of rotatable bonds is 7. The third-order valence-electron chi connectivity index (χ3n) is 2.86. The van der Waals surface area contributed by atoms with Crippen LogP contribution in [-0.4, -0.2) is 48.4 Å². The second-order valence-electron chi connectivity index (χ2n) is 4.59. The molecule has 2 rings (SSSR count). The highest BCUT2D eigenvalue weighted by Gasteiger charge is 2.16. The highest BCUT2D eigenvalue weighted by atomic mass is 32.2. The van der Waals surface area contributed by atoms with Crippen molar-refractivity contribution in [3.05, 3.63) is 18.0 Å². The molecule has 2 heterocycles. The number of thioether (sulfide) groups is 1. The zero-order valence-electron chi connectivity index (χ0n) is 12.2. The molecule has 0 aliphatic heterocycles. The normalized spacial score (nSPS) is 10.8. The van der Waals surface area contributed by atoms with Gasteiger partial charge in [-0.2, -0.15) is 5.10 Å². The van der Waals surface area contributed by atoms with Crippen LogP contribution < -0.4 is 4.90 Å². The van der Waals surface area contributed by atoms with Crippen molar-refractivity contribution in [2.45, 2.75) is 25.2 Å². The van der Waals surface area contributed by atoms with Gasteiger partial charge in [-0.3, -0.25) is 14.0 Å². The number of aliphatic carboxylic acids is 1. The van der Waals surface area contributed by atoms with E-state index in [1.807, 2.05) is 42.9 Å². The van der Waals surface area contributed by atoms with Gasteiger partial charge < -0.3 is 10.0 Å². The molecule has 1 N–H and O–H groups in total. The van der Waals surface area contributed by atoms with E-state index in [9.17, 15) is 4.79 Å². The molecule has 114 valence electrons. The predicted octanol–water partition coefficient (Wildman–Crippen LogP) is 0.845. The van der Waals surface area contributed by atoms with Crippen LogP contribution in [0.2, 0.25) is 0 Å². The van der Waals surface area contributed by atoms with Gasteiger partial charge in [0.05, 0.1) is 11.9 Å². The summed E-state index contributed by atoms with van der Waals surface area (Å²) >= 11 is 1.18. The molecular weight excluding hydrogens is 292 g/mol. The summed E-state index contributed by atoms with van der Waals surface area (Å²) in [6, 6.07) is 0. The molecule has 0 unspecified atom stereocenters. The minimum Gasteiger partial charge on any atom is -0.481 e. The number of hydrogen-bond acceptors (Lipinski definition) is 6. The van der Waals surface area contributed by atoms with E-state index in [-0.39, 0.29) is 5.75 Å². The highest BCUT2D eigenvalue weighted by molar-refractivity contribution is 7.99. The van der Waals surface area contributed by atoms with Crippen LogP contribution in [0.3, 0.4) is 0 Å². The van der Waals surface area contributed by atoms with Crippen LogP contribution in [-0.2, 0) is 24.9 Å². The van der Waals surface area contributed by atoms with Gasteiger partial charge >= 0.3 is 5.97 Å². The third-order valence-corrected chi connectivity index (χ3v) is 3.81. The molecule has 0 saturated carbocycles. The Morgan fingerprint density at radius 1 is 1.48 bits per heavy atom. The number of carboxylic acids is 1. The van der Waals surface area contributed by atoms with Crippen LogP contribution in [0, 0.1) is 0 Å². The van der Waals surface area contributed by atoms with Crippen LogP contribution in [0.15, 0.2) is 17.6 Å². The summed E-state index contributed by atoms with van der Waals surface area (Å²) in [5.74, 6) is -0.171. The molecule has 0 spiro atoms. The molecule has 0 aromatic carbocycles. The number of hydrogen-bond donors (Lipinski definition) is 1. The van der Waals surface area contributed by atoms with E-state index >= 15 is 0 Å². The second-order valence-corrected chi connectivity index (χ2v) is 5.53. The molecule has 9 heteroatoms. The van der Waals surface area contributed by atoms with Crippen molar-refractivity contribution >= 4 is 23.7 Å². The summed E-state index contributed by atoms with van der Waals surface area (Å²) < 4.78 is 3.66. The van der Waals surface area contributed by atoms with Gasteiger partial charge in [0.1, 0.15) is 0 Å². The highest BCUT2D eigenvalue weighted by Crippen LogP contribution is 2.22. The predicted molar refractivity (Wildman–Crippen MR) is 79.4 cm³/mol. The van der Waals surface area contributed by atoms with E-state index in [0.717, 1.165) is 5.56 Å². The Balaban J connectivity index is 2.13. The lowest BCUT2D eigenvalue weighted by molar-refractivity contribution is -0.133. The first-order valence-corrected chi connectivity index (χ1v) is 7.46. The molecule has 21 heavy (non-hydrogen) atoms. The molecular formula is C12H18N6O2S. The van der Waals surface area contributed by atoms with Crippen molar-refractivity contribution in [1.29, 1.82) is 0 Å². The van der Waals surface area contributed by atoms with Gasteiger partial charge in [-0.1, -0.05) is 11.8 Å². The Kier molecular flexibility index (Phi) is 4.84. The molecule has 0 aliphatic rings. The van der Waals surface area contributed by atoms with E-state index in [0.29, 0.717) is 24.2 Å². The van der Waals surface area contributed by atoms with Gasteiger partial charge in [-0.15, -0.1) is 10.2 Å². The molecule has 0 atom stereocenters. The third kappa shape index (κ3) is 3.75. The summed E-state index contributed by atoms with van der Waals surface area (Å²) in [4.78, 5) is 12.6. The lowest BCUT2D eigenvalue weighted by atomic mass is 10.3. The second kappa shape index (κ2) is 6.61. The maximum atomic E-state index is 10.7. The van der Waals surface area contributed by atoms with Gasteiger partial charge in [0.25, 0.3) is 0 Å². The fraction of sp³-hybridized carbons (Fsp3) is 0.500. The topological polar surface area (TPSA) is 89.1 Å². The Morgan fingerprint density at radius 3 is 2.81 bits per heavy atom. The van der Waals surface area contributed by atoms with Crippen molar-refractivity contribution in [1.82, 2.24) is 24.5 Å². The number of aromatic nitrogens is 5. The van der Waals surface area contributed by atoms with Crippen molar-refractivity contribution in [2.75, 3.05) is 17.7 Å². The molecule has 0 amide bonds. The maximum Gasteiger partial charge on any atom is 0.313 e. The Bertz CT molecular complexity index is 623. The van der Waals surface area contributed by atoms with Crippen LogP contribution in [0.1, 0.15) is 12.5 Å². The fourth-order valence-corrected chi connectivity index (χ4v) is 2.69. The largest absolute Gasteiger partial charge is 0.481 e. The van der Waals surface area contributed by atoms with Crippen molar-refractivity contribution in [3.8, 4) is 0 Å². The Morgan fingerprint density at radius 2 is 2.24 bits per heavy atom. The van der Waals surface area contributed by atoms with E-state index in [1.165, 1.54) is 11.8 Å². The number of carbonyl (C=O) groups is 1. The number of anilines is 1. The summed E-state index contributed by atoms with van der Waals surface area (Å²) in [7, 11) is 3.80. The SMILES string of the molecule is CCn1c(SCC(=O)O)nnc1N(C)Cc1cnn(C)c1. The van der Waals surface area contributed by atoms with Gasteiger partial charge in [0, 0.05) is 38.9 Å². The van der Waals surface area contributed by atoms with Gasteiger partial charge in [-0.05, 0) is 6.92 Å². The smallest absolute Gasteiger partial charge is 0.313 e. The zero-order chi connectivity index (χ0) is 15.4. The molecule has 8 nitrogen and oxygen atoms in total. The number of aryl methyl sites for hydroxylation is 1. The van der Waals surface area contributed by atoms with E-state index < -0.39 is 5.97 Å². The zero-order valence-corrected chi connectivity index (χ0v) is 13.0. The van der Waals surface area contributed by atoms with E-state index in [4.69, 9.17) is 5.11 Å². The standard InChI is InChI=1S/C12H18N6O2S/c1-4-18-11(14-15-12(18)21-8-10(19)20)16(2)6-9-5-13-17(3)7-9/h5,7H,4,6,8H2,1-3H3,(H,19,20). The monoisotopic (exact) mass is 310 g/mol. The fourth-order valence-electron chi connectivity index (χ4n) is 1.97. The molecule has 2 aromatic heterocycles. The van der Waals surface area contributed by atoms with Crippen molar-refractivity contribution in [2.24, 2.45) is 7.05 Å². The summed E-state index contributed by atoms with van der Waals surface area (Å²) in [6.45, 7) is 3.33. The average molecular weight is 310 g/mol. The van der Waals surface area contributed by atoms with Gasteiger partial charge in [0.15, 0.2) is 5.16 Å². The van der Waals surface area contributed by atoms with Crippen LogP contribution in [0.25, 0.3) is 0 Å². The lowest BCUT2D eigenvalue weighted by Gasteiger charge is -2.18. The number of nitrogens with zero attached hydrogens (tertiary/aromatic N) is 6. The summed E-state index contributed by atoms with van der Waals surface area (Å²) in [6.07, 6.45) is 3.76. The summed E-state index contributed by atoms with van der Waals surface area (Å²) in [5.41, 5.74) is 1.07. The Hall–Kier alpha value is -2.03. The van der Waals surface area contributed by atoms with Crippen LogP contribution >= 0.6 is 11.8 Å². The Labute approximate surface area is 126 Å². The van der Waals surface area contributed by atoms with Crippen LogP contribution in [0.5, 0.6) is 0 Å². The maximum absolute atomic E-state index is 10.7. The lowest BCUT2D eigenvalue weighted by Crippen LogP contribution is -2.20. The molecule has 0 radical (unpaired) electrons. The van der Waals surface area contributed by atoms with Gasteiger partial charge in [-0.25, -0.2) is 0 Å². The van der Waals surface area contributed by atoms with Crippen molar-refractivity contribution < 1.29 is 9.90 Å². The number of carboxylic acid groups (broad SMARTS) is 1. The minimum absolute atomic E-state index is 0.0234. The van der Waals surface area contributed by atoms with E-state index in [2.05, 4.69) is 15.3 Å². The first kappa shape index (κ1) is 15.4. The molecule has 0 fully saturated rings. The van der Waals surface area contributed by atoms with Crippen LogP contribution in [0.4, 0.5) is 5.95 Å². The quantitative estimate of drug-likeness (QED) is 0.758.